The second kappa shape index (κ2) is 11.6. The maximum Gasteiger partial charge on any atom is 0.0869 e. The minimum Gasteiger partial charge on any atom is -0.550 e. The van der Waals surface area contributed by atoms with E-state index in [0.717, 1.165) is 16.8 Å². The molecule has 88 valence electrons. The van der Waals surface area contributed by atoms with Crippen LogP contribution in [0.3, 0.4) is 0 Å². The third-order valence-corrected chi connectivity index (χ3v) is 1.42. The minimum atomic E-state index is -0.961. The molecule has 0 saturated heterocycles. The Bertz CT molecular complexity index is 137. The Kier molecular flexibility index (Phi) is 16.5. The van der Waals surface area contributed by atoms with Gasteiger partial charge in [-0.15, -0.1) is 24.0 Å². The van der Waals surface area contributed by atoms with Crippen molar-refractivity contribution in [3.63, 3.8) is 0 Å². The molecule has 0 heterocycles. The first-order valence-corrected chi connectivity index (χ1v) is 5.08. The Balaban J connectivity index is -0.000000163. The van der Waals surface area contributed by atoms with Crippen molar-refractivity contribution in [2.45, 2.75) is 19.8 Å². The highest BCUT2D eigenvalue weighted by Crippen LogP contribution is 1.88. The molecule has 5 heteroatoms. The normalized spacial score (nSPS) is 9.50. The number of hydrogen-bond donors (Lipinski definition) is 1. The van der Waals surface area contributed by atoms with Gasteiger partial charge in [0.2, 0.25) is 0 Å². The summed E-state index contributed by atoms with van der Waals surface area (Å²) in [6.07, 6.45) is 0.850. The first-order chi connectivity index (χ1) is 5.83. The molecule has 0 rings (SSSR count). The van der Waals surface area contributed by atoms with E-state index in [9.17, 15) is 9.90 Å². The minimum absolute atomic E-state index is 0. The van der Waals surface area contributed by atoms with E-state index in [2.05, 4.69) is 33.8 Å². The summed E-state index contributed by atoms with van der Waals surface area (Å²) in [7, 11) is 6.49. The van der Waals surface area contributed by atoms with Gasteiger partial charge in [-0.3, -0.25) is 0 Å². The highest BCUT2D eigenvalue weighted by atomic mass is 127. The number of thiol groups is 1. The zero-order chi connectivity index (χ0) is 10.9. The molecule has 0 radical (unpaired) electrons. The molecule has 0 aliphatic heterocycles. The van der Waals surface area contributed by atoms with Crippen LogP contribution in [0.1, 0.15) is 19.8 Å². The number of rotatable bonds is 4. The first kappa shape index (κ1) is 20.0. The molecule has 0 aliphatic carbocycles. The lowest BCUT2D eigenvalue weighted by molar-refractivity contribution is -0.867. The summed E-state index contributed by atoms with van der Waals surface area (Å²) in [5.41, 5.74) is 0. The lowest BCUT2D eigenvalue weighted by Gasteiger charge is -2.22. The number of carbonyl (C=O) groups is 1. The number of hydrogen-bond acceptors (Lipinski definition) is 3. The number of aliphatic carboxylic acids is 1. The first-order valence-electron chi connectivity index (χ1n) is 4.44. The Morgan fingerprint density at radius 1 is 1.36 bits per heavy atom. The van der Waals surface area contributed by atoms with Crippen LogP contribution >= 0.6 is 36.6 Å². The molecule has 14 heavy (non-hydrogen) atoms. The van der Waals surface area contributed by atoms with E-state index in [1.807, 2.05) is 0 Å². The fraction of sp³-hybridized carbons (Fsp3) is 0.889. The monoisotopic (exact) mass is 335 g/mol. The molecule has 0 aromatic rings. The van der Waals surface area contributed by atoms with Gasteiger partial charge in [-0.05, 0) is 6.42 Å². The molecular formula is C9H22INO2S. The fourth-order valence-electron chi connectivity index (χ4n) is 0.504. The van der Waals surface area contributed by atoms with E-state index in [-0.39, 0.29) is 30.4 Å². The third kappa shape index (κ3) is 29.4. The molecule has 0 aromatic heterocycles. The van der Waals surface area contributed by atoms with Crippen LogP contribution in [0.25, 0.3) is 0 Å². The van der Waals surface area contributed by atoms with Crippen LogP contribution in [0.15, 0.2) is 0 Å². The van der Waals surface area contributed by atoms with Crippen LogP contribution in [0.4, 0.5) is 0 Å². The number of carboxylic acids is 1. The van der Waals surface area contributed by atoms with Crippen LogP contribution in [0, 0.1) is 0 Å². The van der Waals surface area contributed by atoms with Gasteiger partial charge in [0, 0.05) is 11.7 Å². The van der Waals surface area contributed by atoms with Gasteiger partial charge in [0.05, 0.1) is 27.7 Å². The Hall–Kier alpha value is 0.510. The highest BCUT2D eigenvalue weighted by Gasteiger charge is 2.01. The van der Waals surface area contributed by atoms with Crippen LogP contribution < -0.4 is 5.11 Å². The summed E-state index contributed by atoms with van der Waals surface area (Å²) in [6, 6.07) is 0. The SMILES string of the molecule is CCCC(=O)[O-].C[N+](C)(C)CCS.I. The predicted octanol–water partition coefficient (Wildman–Crippen LogP) is 0.777. The maximum atomic E-state index is 9.49. The summed E-state index contributed by atoms with van der Waals surface area (Å²) in [5, 5.41) is 9.49. The molecule has 0 saturated carbocycles. The smallest absolute Gasteiger partial charge is 0.0869 e. The summed E-state index contributed by atoms with van der Waals surface area (Å²) in [4.78, 5) is 9.49. The lowest BCUT2D eigenvalue weighted by Crippen LogP contribution is -2.36. The van der Waals surface area contributed by atoms with Crippen LogP contribution in [0.2, 0.25) is 0 Å². The molecule has 0 atom stereocenters. The predicted molar refractivity (Wildman–Crippen MR) is 72.1 cm³/mol. The molecule has 0 bridgehead atoms. The van der Waals surface area contributed by atoms with Crippen molar-refractivity contribution in [3.05, 3.63) is 0 Å². The van der Waals surface area contributed by atoms with E-state index < -0.39 is 5.97 Å². The van der Waals surface area contributed by atoms with E-state index in [0.29, 0.717) is 6.42 Å². The van der Waals surface area contributed by atoms with Crippen LogP contribution in [0.5, 0.6) is 0 Å². The van der Waals surface area contributed by atoms with Gasteiger partial charge in [0.1, 0.15) is 0 Å². The average molecular weight is 335 g/mol. The average Bonchev–Trinajstić information content (AvgIpc) is 1.84. The molecule has 0 fully saturated rings. The van der Waals surface area contributed by atoms with Gasteiger partial charge in [0.25, 0.3) is 0 Å². The number of halogens is 1. The van der Waals surface area contributed by atoms with Crippen molar-refractivity contribution in [2.24, 2.45) is 0 Å². The van der Waals surface area contributed by atoms with E-state index in [1.54, 1.807) is 6.92 Å². The zero-order valence-electron chi connectivity index (χ0n) is 9.45. The van der Waals surface area contributed by atoms with Gasteiger partial charge < -0.3 is 14.4 Å². The fourth-order valence-corrected chi connectivity index (χ4v) is 1.10. The number of nitrogens with zero attached hydrogens (tertiary/aromatic N) is 1. The second-order valence-corrected chi connectivity index (χ2v) is 4.31. The molecule has 0 aromatic carbocycles. The molecular weight excluding hydrogens is 313 g/mol. The van der Waals surface area contributed by atoms with Crippen molar-refractivity contribution in [1.82, 2.24) is 0 Å². The Morgan fingerprint density at radius 2 is 1.79 bits per heavy atom. The van der Waals surface area contributed by atoms with Crippen LogP contribution in [-0.4, -0.2) is 43.9 Å². The van der Waals surface area contributed by atoms with Gasteiger partial charge in [-0.1, -0.05) is 13.3 Å². The van der Waals surface area contributed by atoms with Gasteiger partial charge >= 0.3 is 0 Å². The van der Waals surface area contributed by atoms with Gasteiger partial charge in [-0.2, -0.15) is 12.6 Å². The third-order valence-electron chi connectivity index (χ3n) is 1.22. The maximum absolute atomic E-state index is 9.49. The Labute approximate surface area is 110 Å². The molecule has 0 amide bonds. The summed E-state index contributed by atoms with van der Waals surface area (Å²) in [6.45, 7) is 2.94. The van der Waals surface area contributed by atoms with Crippen molar-refractivity contribution in [3.8, 4) is 0 Å². The second-order valence-electron chi connectivity index (χ2n) is 3.86. The van der Waals surface area contributed by atoms with Gasteiger partial charge in [-0.25, -0.2) is 0 Å². The number of carbonyl (C=O) groups excluding carboxylic acids is 1. The van der Waals surface area contributed by atoms with Crippen LogP contribution in [-0.2, 0) is 4.79 Å². The quantitative estimate of drug-likeness (QED) is 0.469. The Morgan fingerprint density at radius 3 is 1.79 bits per heavy atom. The summed E-state index contributed by atoms with van der Waals surface area (Å²) in [5.74, 6) is 0.0150. The van der Waals surface area contributed by atoms with Crippen molar-refractivity contribution in [1.29, 1.82) is 0 Å². The summed E-state index contributed by atoms with van der Waals surface area (Å²) < 4.78 is 1.02. The number of quaternary nitrogens is 1. The summed E-state index contributed by atoms with van der Waals surface area (Å²) >= 11 is 4.10. The zero-order valence-corrected chi connectivity index (χ0v) is 12.7. The van der Waals surface area contributed by atoms with E-state index in [4.69, 9.17) is 0 Å². The van der Waals surface area contributed by atoms with Gasteiger partial charge in [0.15, 0.2) is 0 Å². The topological polar surface area (TPSA) is 40.1 Å². The molecule has 0 spiro atoms. The highest BCUT2D eigenvalue weighted by molar-refractivity contribution is 14.0. The molecule has 3 nitrogen and oxygen atoms in total. The standard InChI is InChI=1S/C5H13NS.C4H8O2.HI/c1-6(2,3)4-5-7;1-2-3-4(5)6;/h4-5H2,1-3H3;2-3H2,1H3,(H,5,6);1H. The van der Waals surface area contributed by atoms with Crippen molar-refractivity contribution < 1.29 is 14.4 Å². The largest absolute Gasteiger partial charge is 0.550 e. The molecule has 0 unspecified atom stereocenters. The molecule has 0 N–H and O–H groups in total. The van der Waals surface area contributed by atoms with E-state index >= 15 is 0 Å². The molecule has 0 aliphatic rings. The lowest BCUT2D eigenvalue weighted by atomic mass is 10.4. The van der Waals surface area contributed by atoms with Crippen molar-refractivity contribution >= 4 is 42.6 Å². The van der Waals surface area contributed by atoms with Crippen molar-refractivity contribution in [2.75, 3.05) is 33.4 Å². The number of carboxylic acid groups (broad SMARTS) is 1. The van der Waals surface area contributed by atoms with E-state index in [1.165, 1.54) is 0 Å².